The number of non-ortho nitro benzene ring substituents is 2. The molecule has 1 amide bonds. The molecule has 0 bridgehead atoms. The first kappa shape index (κ1) is 14.9. The van der Waals surface area contributed by atoms with Crippen molar-refractivity contribution in [1.29, 1.82) is 0 Å². The molecule has 0 saturated heterocycles. The highest BCUT2D eigenvalue weighted by atomic mass is 16.6. The highest BCUT2D eigenvalue weighted by molar-refractivity contribution is 5.96. The van der Waals surface area contributed by atoms with Gasteiger partial charge < -0.3 is 4.90 Å². The molecule has 0 spiro atoms. The number of carbonyl (C=O) groups excluding carboxylic acids is 1. The highest BCUT2D eigenvalue weighted by Crippen LogP contribution is 2.31. The van der Waals surface area contributed by atoms with Crippen molar-refractivity contribution in [2.45, 2.75) is 38.8 Å². The number of benzene rings is 1. The van der Waals surface area contributed by atoms with Crippen LogP contribution in [-0.4, -0.2) is 32.7 Å². The average Bonchev–Trinajstić information content (AvgIpc) is 3.22. The number of nitro groups is 2. The molecule has 1 aliphatic rings. The fourth-order valence-corrected chi connectivity index (χ4v) is 2.25. The number of nitro benzene ring substituents is 2. The first-order valence-electron chi connectivity index (χ1n) is 6.57. The van der Waals surface area contributed by atoms with E-state index in [4.69, 9.17) is 0 Å². The van der Waals surface area contributed by atoms with Crippen LogP contribution in [0.15, 0.2) is 18.2 Å². The van der Waals surface area contributed by atoms with E-state index in [1.165, 1.54) is 0 Å². The monoisotopic (exact) mass is 293 g/mol. The predicted octanol–water partition coefficient (Wildman–Crippen LogP) is 2.52. The molecule has 8 nitrogen and oxygen atoms in total. The summed E-state index contributed by atoms with van der Waals surface area (Å²) < 4.78 is 0. The van der Waals surface area contributed by atoms with Gasteiger partial charge in [0, 0.05) is 24.2 Å². The van der Waals surface area contributed by atoms with Crippen molar-refractivity contribution in [3.63, 3.8) is 0 Å². The van der Waals surface area contributed by atoms with Crippen molar-refractivity contribution in [2.24, 2.45) is 0 Å². The van der Waals surface area contributed by atoms with Gasteiger partial charge in [0.1, 0.15) is 0 Å². The van der Waals surface area contributed by atoms with Crippen molar-refractivity contribution in [1.82, 2.24) is 4.90 Å². The standard InChI is InChI=1S/C13H15N3O5/c1-8(2)14(10-3-4-10)13(17)9-5-11(15(18)19)7-12(6-9)16(20)21/h5-8,10H,3-4H2,1-2H3. The van der Waals surface area contributed by atoms with Crippen LogP contribution in [-0.2, 0) is 0 Å². The largest absolute Gasteiger partial charge is 0.333 e. The normalized spacial score (nSPS) is 14.0. The first-order chi connectivity index (χ1) is 9.81. The molecule has 0 heterocycles. The van der Waals surface area contributed by atoms with Gasteiger partial charge >= 0.3 is 0 Å². The van der Waals surface area contributed by atoms with Crippen LogP contribution >= 0.6 is 0 Å². The second-order valence-electron chi connectivity index (χ2n) is 5.29. The molecule has 0 aromatic heterocycles. The number of hydrogen-bond donors (Lipinski definition) is 0. The van der Waals surface area contributed by atoms with Gasteiger partial charge in [-0.1, -0.05) is 0 Å². The Labute approximate surface area is 120 Å². The molecule has 1 fully saturated rings. The zero-order chi connectivity index (χ0) is 15.7. The molecule has 1 aromatic rings. The van der Waals surface area contributed by atoms with Crippen molar-refractivity contribution < 1.29 is 14.6 Å². The lowest BCUT2D eigenvalue weighted by molar-refractivity contribution is -0.394. The van der Waals surface area contributed by atoms with Crippen LogP contribution in [0.5, 0.6) is 0 Å². The molecule has 112 valence electrons. The van der Waals surface area contributed by atoms with E-state index >= 15 is 0 Å². The Bertz CT molecular complexity index is 576. The maximum atomic E-state index is 12.5. The van der Waals surface area contributed by atoms with Gasteiger partial charge in [0.05, 0.1) is 21.5 Å². The minimum absolute atomic E-state index is 0.0171. The molecular weight excluding hydrogens is 278 g/mol. The molecule has 0 N–H and O–H groups in total. The van der Waals surface area contributed by atoms with Gasteiger partial charge in [-0.05, 0) is 26.7 Å². The quantitative estimate of drug-likeness (QED) is 0.612. The number of nitrogens with zero attached hydrogens (tertiary/aromatic N) is 3. The van der Waals surface area contributed by atoms with E-state index in [2.05, 4.69) is 0 Å². The number of hydrogen-bond acceptors (Lipinski definition) is 5. The number of carbonyl (C=O) groups is 1. The summed E-state index contributed by atoms with van der Waals surface area (Å²) in [6.07, 6.45) is 1.78. The van der Waals surface area contributed by atoms with Gasteiger partial charge in [-0.3, -0.25) is 25.0 Å². The predicted molar refractivity (Wildman–Crippen MR) is 74.1 cm³/mol. The summed E-state index contributed by atoms with van der Waals surface area (Å²) in [5, 5.41) is 21.7. The molecular formula is C13H15N3O5. The molecule has 1 saturated carbocycles. The van der Waals surface area contributed by atoms with Crippen molar-refractivity contribution in [3.8, 4) is 0 Å². The van der Waals surface area contributed by atoms with Gasteiger partial charge in [0.15, 0.2) is 0 Å². The SMILES string of the molecule is CC(C)N(C(=O)c1cc([N+](=O)[O-])cc([N+](=O)[O-])c1)C1CC1. The highest BCUT2D eigenvalue weighted by Gasteiger charge is 2.35. The van der Waals surface area contributed by atoms with Crippen LogP contribution in [0, 0.1) is 20.2 Å². The van der Waals surface area contributed by atoms with Crippen LogP contribution < -0.4 is 0 Å². The van der Waals surface area contributed by atoms with Crippen LogP contribution in [0.3, 0.4) is 0 Å². The number of amides is 1. The summed E-state index contributed by atoms with van der Waals surface area (Å²) in [5.41, 5.74) is -0.921. The molecule has 1 aromatic carbocycles. The van der Waals surface area contributed by atoms with E-state index in [0.29, 0.717) is 0 Å². The lowest BCUT2D eigenvalue weighted by Crippen LogP contribution is -2.38. The van der Waals surface area contributed by atoms with Gasteiger partial charge in [-0.15, -0.1) is 0 Å². The fourth-order valence-electron chi connectivity index (χ4n) is 2.25. The molecule has 21 heavy (non-hydrogen) atoms. The molecule has 0 unspecified atom stereocenters. The molecule has 1 aliphatic carbocycles. The molecule has 8 heteroatoms. The zero-order valence-electron chi connectivity index (χ0n) is 11.7. The van der Waals surface area contributed by atoms with Gasteiger partial charge in [0.2, 0.25) is 0 Å². The second-order valence-corrected chi connectivity index (χ2v) is 5.29. The maximum Gasteiger partial charge on any atom is 0.277 e. The van der Waals surface area contributed by atoms with Crippen LogP contribution in [0.1, 0.15) is 37.0 Å². The average molecular weight is 293 g/mol. The minimum Gasteiger partial charge on any atom is -0.333 e. The van der Waals surface area contributed by atoms with Gasteiger partial charge in [0.25, 0.3) is 17.3 Å². The van der Waals surface area contributed by atoms with E-state index in [9.17, 15) is 25.0 Å². The van der Waals surface area contributed by atoms with E-state index in [1.807, 2.05) is 13.8 Å². The van der Waals surface area contributed by atoms with E-state index < -0.39 is 27.1 Å². The lowest BCUT2D eigenvalue weighted by Gasteiger charge is -2.26. The molecule has 2 rings (SSSR count). The summed E-state index contributed by atoms with van der Waals surface area (Å²) in [6, 6.07) is 3.09. The van der Waals surface area contributed by atoms with Crippen molar-refractivity contribution >= 4 is 17.3 Å². The van der Waals surface area contributed by atoms with E-state index in [0.717, 1.165) is 31.0 Å². The summed E-state index contributed by atoms with van der Waals surface area (Å²) in [4.78, 5) is 34.4. The molecule has 0 atom stereocenters. The smallest absolute Gasteiger partial charge is 0.277 e. The molecule has 0 radical (unpaired) electrons. The van der Waals surface area contributed by atoms with Crippen molar-refractivity contribution in [2.75, 3.05) is 0 Å². The van der Waals surface area contributed by atoms with Crippen LogP contribution in [0.25, 0.3) is 0 Å². The Morgan fingerprint density at radius 1 is 1.14 bits per heavy atom. The second kappa shape index (κ2) is 5.47. The minimum atomic E-state index is -0.735. The van der Waals surface area contributed by atoms with Crippen LogP contribution in [0.4, 0.5) is 11.4 Å². The summed E-state index contributed by atoms with van der Waals surface area (Å²) >= 11 is 0. The third-order valence-corrected chi connectivity index (χ3v) is 3.30. The summed E-state index contributed by atoms with van der Waals surface area (Å²) in [7, 11) is 0. The molecule has 0 aliphatic heterocycles. The zero-order valence-corrected chi connectivity index (χ0v) is 11.7. The lowest BCUT2D eigenvalue weighted by atomic mass is 10.1. The Morgan fingerprint density at radius 2 is 1.62 bits per heavy atom. The first-order valence-corrected chi connectivity index (χ1v) is 6.57. The van der Waals surface area contributed by atoms with E-state index in [1.54, 1.807) is 4.90 Å². The third-order valence-electron chi connectivity index (χ3n) is 3.30. The van der Waals surface area contributed by atoms with Crippen LogP contribution in [0.2, 0.25) is 0 Å². The Morgan fingerprint density at radius 3 is 1.95 bits per heavy atom. The van der Waals surface area contributed by atoms with Gasteiger partial charge in [-0.2, -0.15) is 0 Å². The number of rotatable bonds is 5. The third kappa shape index (κ3) is 3.15. The Hall–Kier alpha value is -2.51. The van der Waals surface area contributed by atoms with Crippen molar-refractivity contribution in [3.05, 3.63) is 44.0 Å². The Kier molecular flexibility index (Phi) is 3.88. The fraction of sp³-hybridized carbons (Fsp3) is 0.462. The maximum absolute atomic E-state index is 12.5. The summed E-state index contributed by atoms with van der Waals surface area (Å²) in [6.45, 7) is 3.70. The van der Waals surface area contributed by atoms with Gasteiger partial charge in [-0.25, -0.2) is 0 Å². The topological polar surface area (TPSA) is 107 Å². The Balaban J connectivity index is 2.44. The summed E-state index contributed by atoms with van der Waals surface area (Å²) in [5.74, 6) is -0.403. The van der Waals surface area contributed by atoms with E-state index in [-0.39, 0.29) is 17.6 Å².